The molecule has 0 aliphatic carbocycles. The normalized spacial score (nSPS) is 11.0. The number of carbonyl (C=O) groups excluding carboxylic acids is 2. The number of nitrogens with zero attached hydrogens (tertiary/aromatic N) is 1. The molecule has 172 valence electrons. The van der Waals surface area contributed by atoms with Gasteiger partial charge in [0.15, 0.2) is 0 Å². The molecule has 0 aliphatic heterocycles. The van der Waals surface area contributed by atoms with Gasteiger partial charge in [0.2, 0.25) is 9.84 Å². The molecule has 2 aromatic rings. The van der Waals surface area contributed by atoms with Crippen LogP contribution in [0.2, 0.25) is 0 Å². The summed E-state index contributed by atoms with van der Waals surface area (Å²) in [6.45, 7) is 0.0735. The number of rotatable bonds is 9. The van der Waals surface area contributed by atoms with Gasteiger partial charge in [-0.25, -0.2) is 18.0 Å². The molecule has 0 aliphatic rings. The van der Waals surface area contributed by atoms with Gasteiger partial charge in [-0.15, -0.1) is 0 Å². The van der Waals surface area contributed by atoms with Crippen LogP contribution >= 0.6 is 0 Å². The number of phenolic OH excluding ortho intramolecular Hbond substituents is 1. The van der Waals surface area contributed by atoms with Crippen LogP contribution < -0.4 is 5.32 Å². The number of nitro benzene ring substituents is 1. The van der Waals surface area contributed by atoms with Crippen LogP contribution in [0.4, 0.5) is 11.4 Å². The SMILES string of the molecule is COCCNc1c([N+](=O)[O-])cc(C(=O)OC)cc1S(=O)(=O)c1cc(C(=O)OC)ccc1O. The number of aromatic hydroxyl groups is 1. The largest absolute Gasteiger partial charge is 0.507 e. The predicted octanol–water partition coefficient (Wildman–Crippen LogP) is 1.76. The van der Waals surface area contributed by atoms with Crippen LogP contribution in [0.3, 0.4) is 0 Å². The number of anilines is 1. The van der Waals surface area contributed by atoms with Crippen LogP contribution in [-0.2, 0) is 24.0 Å². The monoisotopic (exact) mass is 468 g/mol. The third kappa shape index (κ3) is 4.95. The zero-order chi connectivity index (χ0) is 24.1. The number of ether oxygens (including phenoxy) is 3. The molecule has 0 amide bonds. The first-order valence-electron chi connectivity index (χ1n) is 8.88. The fraction of sp³-hybridized carbons (Fsp3) is 0.263. The van der Waals surface area contributed by atoms with Gasteiger partial charge in [-0.05, 0) is 24.3 Å². The number of esters is 2. The molecule has 0 unspecified atom stereocenters. The number of carbonyl (C=O) groups is 2. The quantitative estimate of drug-likeness (QED) is 0.238. The Morgan fingerprint density at radius 2 is 1.62 bits per heavy atom. The van der Waals surface area contributed by atoms with E-state index in [1.807, 2.05) is 0 Å². The lowest BCUT2D eigenvalue weighted by molar-refractivity contribution is -0.384. The minimum absolute atomic E-state index is 0.00832. The van der Waals surface area contributed by atoms with Crippen LogP contribution in [0.1, 0.15) is 20.7 Å². The fourth-order valence-corrected chi connectivity index (χ4v) is 4.33. The van der Waals surface area contributed by atoms with E-state index in [0.717, 1.165) is 44.6 Å². The molecule has 2 N–H and O–H groups in total. The highest BCUT2D eigenvalue weighted by Crippen LogP contribution is 2.39. The van der Waals surface area contributed by atoms with Gasteiger partial charge in [0, 0.05) is 19.7 Å². The third-order valence-corrected chi connectivity index (χ3v) is 6.07. The number of benzene rings is 2. The second kappa shape index (κ2) is 10.1. The van der Waals surface area contributed by atoms with Gasteiger partial charge in [-0.1, -0.05) is 0 Å². The maximum atomic E-state index is 13.5. The van der Waals surface area contributed by atoms with E-state index in [2.05, 4.69) is 14.8 Å². The Hall–Kier alpha value is -3.71. The highest BCUT2D eigenvalue weighted by Gasteiger charge is 2.32. The summed E-state index contributed by atoms with van der Waals surface area (Å²) >= 11 is 0. The van der Waals surface area contributed by atoms with Crippen LogP contribution in [-0.4, -0.2) is 64.9 Å². The molecule has 0 radical (unpaired) electrons. The van der Waals surface area contributed by atoms with Crippen molar-refractivity contribution < 1.29 is 42.2 Å². The van der Waals surface area contributed by atoms with Crippen molar-refractivity contribution in [1.29, 1.82) is 0 Å². The van der Waals surface area contributed by atoms with E-state index in [1.54, 1.807) is 0 Å². The molecule has 0 bridgehead atoms. The van der Waals surface area contributed by atoms with Crippen LogP contribution in [0.25, 0.3) is 0 Å². The molecule has 2 rings (SSSR count). The molecule has 13 heteroatoms. The lowest BCUT2D eigenvalue weighted by Crippen LogP contribution is -2.16. The maximum Gasteiger partial charge on any atom is 0.338 e. The Morgan fingerprint density at radius 3 is 2.19 bits per heavy atom. The topological polar surface area (TPSA) is 171 Å². The molecule has 0 saturated carbocycles. The van der Waals surface area contributed by atoms with Crippen molar-refractivity contribution in [2.75, 3.05) is 39.8 Å². The van der Waals surface area contributed by atoms with E-state index in [-0.39, 0.29) is 18.7 Å². The first-order valence-corrected chi connectivity index (χ1v) is 10.4. The second-order valence-electron chi connectivity index (χ2n) is 6.21. The third-order valence-electron chi connectivity index (χ3n) is 4.27. The summed E-state index contributed by atoms with van der Waals surface area (Å²) in [5.41, 5.74) is -1.73. The van der Waals surface area contributed by atoms with Gasteiger partial charge in [-0.3, -0.25) is 10.1 Å². The lowest BCUT2D eigenvalue weighted by Gasteiger charge is -2.15. The Labute approximate surface area is 182 Å². The summed E-state index contributed by atoms with van der Waals surface area (Å²) in [6, 6.07) is 4.73. The molecule has 32 heavy (non-hydrogen) atoms. The van der Waals surface area contributed by atoms with E-state index in [4.69, 9.17) is 4.74 Å². The van der Waals surface area contributed by atoms with Gasteiger partial charge in [0.1, 0.15) is 21.2 Å². The van der Waals surface area contributed by atoms with E-state index in [0.29, 0.717) is 0 Å². The summed E-state index contributed by atoms with van der Waals surface area (Å²) in [5.74, 6) is -2.60. The summed E-state index contributed by atoms with van der Waals surface area (Å²) in [4.78, 5) is 33.3. The summed E-state index contributed by atoms with van der Waals surface area (Å²) in [6.07, 6.45) is 0. The molecule has 0 aromatic heterocycles. The Kier molecular flexibility index (Phi) is 7.72. The highest BCUT2D eigenvalue weighted by atomic mass is 32.2. The van der Waals surface area contributed by atoms with Gasteiger partial charge < -0.3 is 24.6 Å². The summed E-state index contributed by atoms with van der Waals surface area (Å²) < 4.78 is 40.9. The Morgan fingerprint density at radius 1 is 1.03 bits per heavy atom. The molecule has 0 heterocycles. The van der Waals surface area contributed by atoms with Crippen LogP contribution in [0.15, 0.2) is 40.1 Å². The van der Waals surface area contributed by atoms with Crippen molar-refractivity contribution in [2.24, 2.45) is 0 Å². The number of nitro groups is 1. The molecule has 12 nitrogen and oxygen atoms in total. The molecule has 0 fully saturated rings. The zero-order valence-electron chi connectivity index (χ0n) is 17.3. The second-order valence-corrected chi connectivity index (χ2v) is 8.10. The van der Waals surface area contributed by atoms with Crippen molar-refractivity contribution in [3.8, 4) is 5.75 Å². The average molecular weight is 468 g/mol. The number of hydrogen-bond donors (Lipinski definition) is 2. The first kappa shape index (κ1) is 24.6. The molecular weight excluding hydrogens is 448 g/mol. The Balaban J connectivity index is 2.85. The minimum Gasteiger partial charge on any atom is -0.507 e. The molecule has 0 atom stereocenters. The molecule has 0 saturated heterocycles. The van der Waals surface area contributed by atoms with Crippen LogP contribution in [0, 0.1) is 10.1 Å². The van der Waals surface area contributed by atoms with Crippen molar-refractivity contribution in [1.82, 2.24) is 0 Å². The van der Waals surface area contributed by atoms with Gasteiger partial charge >= 0.3 is 11.9 Å². The van der Waals surface area contributed by atoms with Crippen molar-refractivity contribution >= 4 is 33.2 Å². The van der Waals surface area contributed by atoms with Gasteiger partial charge in [-0.2, -0.15) is 0 Å². The number of sulfone groups is 1. The van der Waals surface area contributed by atoms with E-state index in [1.165, 1.54) is 7.11 Å². The molecule has 0 spiro atoms. The van der Waals surface area contributed by atoms with Crippen molar-refractivity contribution in [2.45, 2.75) is 9.79 Å². The predicted molar refractivity (Wildman–Crippen MR) is 110 cm³/mol. The number of nitrogens with one attached hydrogen (secondary N) is 1. The average Bonchev–Trinajstić information content (AvgIpc) is 2.77. The Bertz CT molecular complexity index is 1160. The number of phenols is 1. The van der Waals surface area contributed by atoms with Crippen molar-refractivity contribution in [3.63, 3.8) is 0 Å². The number of methoxy groups -OCH3 is 3. The van der Waals surface area contributed by atoms with Gasteiger partial charge in [0.05, 0.1) is 36.9 Å². The van der Waals surface area contributed by atoms with Gasteiger partial charge in [0.25, 0.3) is 5.69 Å². The lowest BCUT2D eigenvalue weighted by atomic mass is 10.1. The van der Waals surface area contributed by atoms with E-state index < -0.39 is 59.2 Å². The molecule has 2 aromatic carbocycles. The summed E-state index contributed by atoms with van der Waals surface area (Å²) in [7, 11) is -1.20. The van der Waals surface area contributed by atoms with E-state index >= 15 is 0 Å². The van der Waals surface area contributed by atoms with Crippen molar-refractivity contribution in [3.05, 3.63) is 51.6 Å². The highest BCUT2D eigenvalue weighted by molar-refractivity contribution is 7.91. The standard InChI is InChI=1S/C19H20N2O10S/c1-29-7-6-20-17-13(21(25)26)8-12(19(24)31-3)10-16(17)32(27,28)15-9-11(18(23)30-2)4-5-14(15)22/h4-5,8-10,20,22H,6-7H2,1-3H3. The smallest absolute Gasteiger partial charge is 0.338 e. The molecular formula is C19H20N2O10S. The number of hydrogen-bond acceptors (Lipinski definition) is 11. The van der Waals surface area contributed by atoms with Crippen LogP contribution in [0.5, 0.6) is 5.75 Å². The van der Waals surface area contributed by atoms with E-state index in [9.17, 15) is 33.2 Å². The minimum atomic E-state index is -4.70. The first-order chi connectivity index (χ1) is 15.1. The fourth-order valence-electron chi connectivity index (χ4n) is 2.74. The zero-order valence-corrected chi connectivity index (χ0v) is 18.1. The maximum absolute atomic E-state index is 13.5. The summed E-state index contributed by atoms with van der Waals surface area (Å²) in [5, 5.41) is 24.5.